The van der Waals surface area contributed by atoms with Crippen molar-refractivity contribution in [3.8, 4) is 5.75 Å². The van der Waals surface area contributed by atoms with E-state index in [0.29, 0.717) is 5.56 Å². The van der Waals surface area contributed by atoms with E-state index < -0.39 is 16.2 Å². The zero-order valence-electron chi connectivity index (χ0n) is 14.9. The van der Waals surface area contributed by atoms with Gasteiger partial charge in [0.25, 0.3) is 5.91 Å². The van der Waals surface area contributed by atoms with Gasteiger partial charge in [-0.2, -0.15) is 8.42 Å². The smallest absolute Gasteiger partial charge is 0.367 e. The van der Waals surface area contributed by atoms with Crippen molar-refractivity contribution >= 4 is 51.1 Å². The molecule has 0 aliphatic carbocycles. The lowest BCUT2D eigenvalue weighted by Crippen LogP contribution is -2.34. The Balaban J connectivity index is 1.88. The minimum Gasteiger partial charge on any atom is -0.367 e. The topological polar surface area (TPSA) is 72.5 Å². The first-order valence-electron chi connectivity index (χ1n) is 8.38. The highest BCUT2D eigenvalue weighted by atomic mass is 35.5. The van der Waals surface area contributed by atoms with Crippen LogP contribution in [0.25, 0.3) is 11.6 Å². The highest BCUT2D eigenvalue weighted by Crippen LogP contribution is 2.27. The van der Waals surface area contributed by atoms with Crippen LogP contribution >= 0.6 is 23.2 Å². The van der Waals surface area contributed by atoms with Gasteiger partial charge in [-0.05, 0) is 29.3 Å². The first-order chi connectivity index (χ1) is 13.8. The molecule has 29 heavy (non-hydrogen) atoms. The largest absolute Gasteiger partial charge is 0.409 e. The van der Waals surface area contributed by atoms with Crippen LogP contribution in [0.15, 0.2) is 78.9 Å². The van der Waals surface area contributed by atoms with Gasteiger partial charge in [0.15, 0.2) is 0 Å². The van der Waals surface area contributed by atoms with Gasteiger partial charge in [-0.25, -0.2) is 4.72 Å². The predicted molar refractivity (Wildman–Crippen MR) is 115 cm³/mol. The molecule has 0 heterocycles. The van der Waals surface area contributed by atoms with Crippen molar-refractivity contribution in [1.82, 2.24) is 4.72 Å². The second kappa shape index (κ2) is 9.13. The molecule has 0 radical (unpaired) electrons. The van der Waals surface area contributed by atoms with Crippen LogP contribution < -0.4 is 8.91 Å². The standard InChI is InChI=1S/C21H15Cl2NO4S/c22-19-12-11-17(14-20(19)23)28-29(26,27)24-21(25)18(16-9-5-2-6-10-16)13-15-7-3-1-4-8-15/h1-14H,(H,24,25). The molecular weight excluding hydrogens is 433 g/mol. The summed E-state index contributed by atoms with van der Waals surface area (Å²) in [5.74, 6) is -0.909. The Bertz CT molecular complexity index is 1150. The molecule has 0 fully saturated rings. The maximum absolute atomic E-state index is 12.8. The van der Waals surface area contributed by atoms with Crippen LogP contribution in [0, 0.1) is 0 Å². The summed E-state index contributed by atoms with van der Waals surface area (Å²) in [6, 6.07) is 21.8. The summed E-state index contributed by atoms with van der Waals surface area (Å²) in [6.07, 6.45) is 1.60. The zero-order valence-corrected chi connectivity index (χ0v) is 17.2. The summed E-state index contributed by atoms with van der Waals surface area (Å²) in [7, 11) is -4.45. The van der Waals surface area contributed by atoms with Gasteiger partial charge < -0.3 is 4.18 Å². The Morgan fingerprint density at radius 1 is 0.862 bits per heavy atom. The molecule has 0 aliphatic heterocycles. The molecule has 3 rings (SSSR count). The van der Waals surface area contributed by atoms with Crippen molar-refractivity contribution in [3.63, 3.8) is 0 Å². The van der Waals surface area contributed by atoms with E-state index in [1.807, 2.05) is 22.9 Å². The number of benzene rings is 3. The fourth-order valence-corrected chi connectivity index (χ4v) is 3.48. The molecule has 1 N–H and O–H groups in total. The summed E-state index contributed by atoms with van der Waals surface area (Å²) in [5, 5.41) is 0.372. The van der Waals surface area contributed by atoms with Crippen LogP contribution in [0.1, 0.15) is 11.1 Å². The number of carbonyl (C=O) groups is 1. The van der Waals surface area contributed by atoms with Crippen molar-refractivity contribution in [1.29, 1.82) is 0 Å². The highest BCUT2D eigenvalue weighted by molar-refractivity contribution is 7.85. The molecule has 0 aliphatic rings. The quantitative estimate of drug-likeness (QED) is 0.427. The Morgan fingerprint density at radius 2 is 1.48 bits per heavy atom. The van der Waals surface area contributed by atoms with Crippen molar-refractivity contribution in [2.45, 2.75) is 0 Å². The normalized spacial score (nSPS) is 11.7. The maximum Gasteiger partial charge on any atom is 0.409 e. The molecule has 0 saturated heterocycles. The first kappa shape index (κ1) is 20.9. The van der Waals surface area contributed by atoms with E-state index in [-0.39, 0.29) is 21.4 Å². The van der Waals surface area contributed by atoms with Crippen molar-refractivity contribution < 1.29 is 17.4 Å². The van der Waals surface area contributed by atoms with Crippen LogP contribution in [0.3, 0.4) is 0 Å². The van der Waals surface area contributed by atoms with Gasteiger partial charge in [0.2, 0.25) is 0 Å². The number of carbonyl (C=O) groups excluding carboxylic acids is 1. The summed E-state index contributed by atoms with van der Waals surface area (Å²) >= 11 is 11.7. The van der Waals surface area contributed by atoms with Crippen molar-refractivity contribution in [2.75, 3.05) is 0 Å². The second-order valence-corrected chi connectivity index (χ2v) is 7.97. The van der Waals surface area contributed by atoms with E-state index in [1.54, 1.807) is 48.5 Å². The van der Waals surface area contributed by atoms with Crippen LogP contribution in [0.2, 0.25) is 10.0 Å². The van der Waals surface area contributed by atoms with Crippen molar-refractivity contribution in [3.05, 3.63) is 100 Å². The third-order valence-corrected chi connectivity index (χ3v) is 5.34. The fourth-order valence-electron chi connectivity index (χ4n) is 2.46. The van der Waals surface area contributed by atoms with E-state index >= 15 is 0 Å². The zero-order chi connectivity index (χ0) is 20.9. The number of hydrogen-bond donors (Lipinski definition) is 1. The monoisotopic (exact) mass is 447 g/mol. The molecule has 3 aromatic rings. The van der Waals surface area contributed by atoms with Crippen molar-refractivity contribution in [2.24, 2.45) is 0 Å². The molecule has 5 nitrogen and oxygen atoms in total. The summed E-state index contributed by atoms with van der Waals surface area (Å²) < 4.78 is 31.5. The molecule has 0 unspecified atom stereocenters. The lowest BCUT2D eigenvalue weighted by molar-refractivity contribution is -0.114. The van der Waals surface area contributed by atoms with E-state index in [0.717, 1.165) is 5.56 Å². The number of halogens is 2. The molecule has 0 atom stereocenters. The van der Waals surface area contributed by atoms with Gasteiger partial charge in [0.1, 0.15) is 5.75 Å². The molecular formula is C21H15Cl2NO4S. The van der Waals surface area contributed by atoms with E-state index in [1.165, 1.54) is 18.2 Å². The third kappa shape index (κ3) is 5.84. The van der Waals surface area contributed by atoms with Crippen LogP contribution in [0.5, 0.6) is 5.75 Å². The SMILES string of the molecule is O=C(NS(=O)(=O)Oc1ccc(Cl)c(Cl)c1)C(=Cc1ccccc1)c1ccccc1. The van der Waals surface area contributed by atoms with Gasteiger partial charge >= 0.3 is 10.3 Å². The molecule has 0 aromatic heterocycles. The maximum atomic E-state index is 12.8. The van der Waals surface area contributed by atoms with E-state index in [9.17, 15) is 13.2 Å². The highest BCUT2D eigenvalue weighted by Gasteiger charge is 2.21. The minimum absolute atomic E-state index is 0.0759. The lowest BCUT2D eigenvalue weighted by atomic mass is 10.0. The second-order valence-electron chi connectivity index (χ2n) is 5.88. The number of amides is 1. The molecule has 0 saturated carbocycles. The van der Waals surface area contributed by atoms with E-state index in [2.05, 4.69) is 0 Å². The minimum atomic E-state index is -4.45. The molecule has 8 heteroatoms. The Labute approximate surface area is 178 Å². The molecule has 0 spiro atoms. The lowest BCUT2D eigenvalue weighted by Gasteiger charge is -2.11. The summed E-state index contributed by atoms with van der Waals surface area (Å²) in [4.78, 5) is 12.8. The summed E-state index contributed by atoms with van der Waals surface area (Å²) in [5.41, 5.74) is 1.46. The van der Waals surface area contributed by atoms with Gasteiger partial charge in [-0.1, -0.05) is 83.9 Å². The van der Waals surface area contributed by atoms with Gasteiger partial charge in [-0.15, -0.1) is 0 Å². The average Bonchev–Trinajstić information content (AvgIpc) is 2.69. The fraction of sp³-hybridized carbons (Fsp3) is 0. The predicted octanol–water partition coefficient (Wildman–Crippen LogP) is 4.97. The van der Waals surface area contributed by atoms with E-state index in [4.69, 9.17) is 27.4 Å². The third-order valence-electron chi connectivity index (χ3n) is 3.75. The van der Waals surface area contributed by atoms with Gasteiger partial charge in [0.05, 0.1) is 10.0 Å². The first-order valence-corrected chi connectivity index (χ1v) is 10.5. The number of hydrogen-bond acceptors (Lipinski definition) is 4. The molecule has 148 valence electrons. The van der Waals surface area contributed by atoms with Crippen LogP contribution in [-0.4, -0.2) is 14.3 Å². The Kier molecular flexibility index (Phi) is 6.59. The van der Waals surface area contributed by atoms with Crippen LogP contribution in [-0.2, 0) is 15.1 Å². The van der Waals surface area contributed by atoms with Crippen LogP contribution in [0.4, 0.5) is 0 Å². The molecule has 3 aromatic carbocycles. The number of rotatable bonds is 6. The number of nitrogens with one attached hydrogen (secondary N) is 1. The Morgan fingerprint density at radius 3 is 2.10 bits per heavy atom. The Hall–Kier alpha value is -2.80. The molecule has 0 bridgehead atoms. The average molecular weight is 448 g/mol. The van der Waals surface area contributed by atoms with Gasteiger partial charge in [-0.3, -0.25) is 4.79 Å². The summed E-state index contributed by atoms with van der Waals surface area (Å²) in [6.45, 7) is 0. The molecule has 1 amide bonds. The van der Waals surface area contributed by atoms with Gasteiger partial charge in [0, 0.05) is 11.6 Å².